The standard InChI is InChI=1S/C29H40N8O3/c1-18(2)40-25-16-22(35(9)13-12-34(7)8)23(37(38)39)15-21(25)32-28-30-11-10-26(33-28)36-17-29(5,6)27-24(36)14-19(3)20(4)31-27/h10-11,14-16,18H,12-13,17H2,1-9H3,(H,30,32,33). The molecule has 3 heterocycles. The molecule has 11 heteroatoms. The molecule has 0 bridgehead atoms. The van der Waals surface area contributed by atoms with Gasteiger partial charge in [-0.05, 0) is 59.5 Å². The summed E-state index contributed by atoms with van der Waals surface area (Å²) in [5.41, 5.74) is 4.95. The van der Waals surface area contributed by atoms with Crippen LogP contribution in [0.15, 0.2) is 30.5 Å². The molecule has 1 aliphatic rings. The first kappa shape index (κ1) is 29.0. The SMILES string of the molecule is Cc1cc2c(nc1C)C(C)(C)CN2c1ccnc(Nc2cc([N+](=O)[O-])c(N(C)CCN(C)C)cc2OC(C)C)n1. The molecule has 0 fully saturated rings. The molecule has 0 atom stereocenters. The summed E-state index contributed by atoms with van der Waals surface area (Å²) < 4.78 is 6.10. The quantitative estimate of drug-likeness (QED) is 0.263. The van der Waals surface area contributed by atoms with Gasteiger partial charge in [-0.25, -0.2) is 4.98 Å². The molecular formula is C29H40N8O3. The molecule has 11 nitrogen and oxygen atoms in total. The van der Waals surface area contributed by atoms with Crippen LogP contribution < -0.4 is 19.9 Å². The summed E-state index contributed by atoms with van der Waals surface area (Å²) in [7, 11) is 5.78. The molecule has 1 aliphatic heterocycles. The van der Waals surface area contributed by atoms with E-state index in [0.717, 1.165) is 41.5 Å². The Morgan fingerprint density at radius 2 is 1.88 bits per heavy atom. The Labute approximate surface area is 236 Å². The number of hydrogen-bond donors (Lipinski definition) is 1. The Morgan fingerprint density at radius 3 is 2.52 bits per heavy atom. The van der Waals surface area contributed by atoms with Crippen LogP contribution in [0.5, 0.6) is 5.75 Å². The van der Waals surface area contributed by atoms with Gasteiger partial charge in [-0.2, -0.15) is 4.98 Å². The number of nitro groups is 1. The highest BCUT2D eigenvalue weighted by Gasteiger charge is 2.38. The Kier molecular flexibility index (Phi) is 8.15. The summed E-state index contributed by atoms with van der Waals surface area (Å²) in [5.74, 6) is 1.52. The number of nitrogens with zero attached hydrogens (tertiary/aromatic N) is 7. The summed E-state index contributed by atoms with van der Waals surface area (Å²) >= 11 is 0. The van der Waals surface area contributed by atoms with Crippen molar-refractivity contribution in [2.75, 3.05) is 55.9 Å². The van der Waals surface area contributed by atoms with Crippen LogP contribution in [0.3, 0.4) is 0 Å². The number of ether oxygens (including phenoxy) is 1. The van der Waals surface area contributed by atoms with E-state index in [1.54, 1.807) is 12.3 Å². The lowest BCUT2D eigenvalue weighted by Crippen LogP contribution is -2.29. The summed E-state index contributed by atoms with van der Waals surface area (Å²) in [5, 5.41) is 15.3. The molecule has 4 rings (SSSR count). The van der Waals surface area contributed by atoms with Crippen molar-refractivity contribution in [1.29, 1.82) is 0 Å². The first-order valence-electron chi connectivity index (χ1n) is 13.5. The predicted molar refractivity (Wildman–Crippen MR) is 160 cm³/mol. The molecular weight excluding hydrogens is 508 g/mol. The van der Waals surface area contributed by atoms with Crippen molar-refractivity contribution < 1.29 is 9.66 Å². The third-order valence-electron chi connectivity index (χ3n) is 7.03. The minimum Gasteiger partial charge on any atom is -0.489 e. The van der Waals surface area contributed by atoms with Crippen LogP contribution in [0.2, 0.25) is 0 Å². The van der Waals surface area contributed by atoms with Crippen LogP contribution in [0.4, 0.5) is 34.5 Å². The lowest BCUT2D eigenvalue weighted by atomic mass is 9.91. The molecule has 1 aromatic carbocycles. The summed E-state index contributed by atoms with van der Waals surface area (Å²) in [6.45, 7) is 14.4. The second kappa shape index (κ2) is 11.2. The fourth-order valence-corrected chi connectivity index (χ4v) is 4.76. The van der Waals surface area contributed by atoms with Gasteiger partial charge in [0, 0.05) is 56.1 Å². The van der Waals surface area contributed by atoms with Crippen molar-refractivity contribution in [3.8, 4) is 5.75 Å². The second-order valence-corrected chi connectivity index (χ2v) is 11.6. The molecule has 0 spiro atoms. The number of benzene rings is 1. The molecule has 0 unspecified atom stereocenters. The van der Waals surface area contributed by atoms with E-state index in [4.69, 9.17) is 14.7 Å². The number of anilines is 5. The minimum absolute atomic E-state index is 0.0249. The normalized spacial score (nSPS) is 14.0. The number of nitrogens with one attached hydrogen (secondary N) is 1. The average molecular weight is 549 g/mol. The van der Waals surface area contributed by atoms with Gasteiger partial charge in [0.2, 0.25) is 5.95 Å². The van der Waals surface area contributed by atoms with E-state index in [1.165, 1.54) is 6.07 Å². The highest BCUT2D eigenvalue weighted by molar-refractivity contribution is 5.77. The topological polar surface area (TPSA) is 113 Å². The molecule has 0 radical (unpaired) electrons. The largest absolute Gasteiger partial charge is 0.489 e. The van der Waals surface area contributed by atoms with Gasteiger partial charge in [-0.1, -0.05) is 13.8 Å². The molecule has 0 aliphatic carbocycles. The smallest absolute Gasteiger partial charge is 0.294 e. The monoisotopic (exact) mass is 548 g/mol. The second-order valence-electron chi connectivity index (χ2n) is 11.6. The van der Waals surface area contributed by atoms with Crippen molar-refractivity contribution in [2.45, 2.75) is 53.1 Å². The summed E-state index contributed by atoms with van der Waals surface area (Å²) in [4.78, 5) is 31.9. The molecule has 1 N–H and O–H groups in total. The summed E-state index contributed by atoms with van der Waals surface area (Å²) in [6.07, 6.45) is 1.54. The van der Waals surface area contributed by atoms with Gasteiger partial charge in [0.05, 0.1) is 28.1 Å². The van der Waals surface area contributed by atoms with E-state index in [-0.39, 0.29) is 22.1 Å². The first-order valence-corrected chi connectivity index (χ1v) is 13.5. The van der Waals surface area contributed by atoms with Crippen LogP contribution in [-0.4, -0.2) is 71.7 Å². The lowest BCUT2D eigenvalue weighted by molar-refractivity contribution is -0.384. The van der Waals surface area contributed by atoms with Gasteiger partial charge >= 0.3 is 0 Å². The number of pyridine rings is 1. The molecule has 214 valence electrons. The zero-order valence-electron chi connectivity index (χ0n) is 24.9. The zero-order chi connectivity index (χ0) is 29.4. The van der Waals surface area contributed by atoms with Gasteiger partial charge in [0.1, 0.15) is 17.3 Å². The van der Waals surface area contributed by atoms with Crippen molar-refractivity contribution in [3.63, 3.8) is 0 Å². The maximum Gasteiger partial charge on any atom is 0.294 e. The highest BCUT2D eigenvalue weighted by Crippen LogP contribution is 2.44. The zero-order valence-corrected chi connectivity index (χ0v) is 24.9. The molecule has 0 saturated heterocycles. The third kappa shape index (κ3) is 6.09. The molecule has 0 saturated carbocycles. The van der Waals surface area contributed by atoms with Crippen molar-refractivity contribution in [2.24, 2.45) is 0 Å². The van der Waals surface area contributed by atoms with Crippen LogP contribution in [0.25, 0.3) is 0 Å². The van der Waals surface area contributed by atoms with Crippen molar-refractivity contribution >= 4 is 34.5 Å². The Hall–Kier alpha value is -3.99. The fourth-order valence-electron chi connectivity index (χ4n) is 4.76. The molecule has 2 aromatic heterocycles. The number of aryl methyl sites for hydroxylation is 2. The Bertz CT molecular complexity index is 1410. The van der Waals surface area contributed by atoms with Crippen LogP contribution in [0, 0.1) is 24.0 Å². The van der Waals surface area contributed by atoms with Gasteiger partial charge < -0.3 is 24.8 Å². The van der Waals surface area contributed by atoms with Gasteiger partial charge in [-0.3, -0.25) is 15.1 Å². The number of nitro benzene ring substituents is 1. The fraction of sp³-hybridized carbons (Fsp3) is 0.483. The van der Waals surface area contributed by atoms with Crippen LogP contribution in [0.1, 0.15) is 44.6 Å². The Balaban J connectivity index is 1.72. The molecule has 40 heavy (non-hydrogen) atoms. The number of fused-ring (bicyclic) bond motifs is 1. The van der Waals surface area contributed by atoms with Gasteiger partial charge in [0.25, 0.3) is 5.69 Å². The van der Waals surface area contributed by atoms with E-state index in [1.807, 2.05) is 57.8 Å². The lowest BCUT2D eigenvalue weighted by Gasteiger charge is -2.24. The van der Waals surface area contributed by atoms with Crippen molar-refractivity contribution in [3.05, 3.63) is 57.5 Å². The van der Waals surface area contributed by atoms with Crippen LogP contribution in [-0.2, 0) is 5.41 Å². The van der Waals surface area contributed by atoms with Gasteiger partial charge in [0.15, 0.2) is 0 Å². The van der Waals surface area contributed by atoms with E-state index in [9.17, 15) is 10.1 Å². The number of hydrogen-bond acceptors (Lipinski definition) is 10. The predicted octanol–water partition coefficient (Wildman–Crippen LogP) is 5.35. The summed E-state index contributed by atoms with van der Waals surface area (Å²) in [6, 6.07) is 7.24. The number of likely N-dealkylation sites (N-methyl/N-ethyl adjacent to an activating group) is 2. The maximum absolute atomic E-state index is 12.1. The Morgan fingerprint density at radius 1 is 1.15 bits per heavy atom. The number of aromatic nitrogens is 3. The maximum atomic E-state index is 12.1. The average Bonchev–Trinajstić information content (AvgIpc) is 3.13. The minimum atomic E-state index is -0.371. The third-order valence-corrected chi connectivity index (χ3v) is 7.03. The van der Waals surface area contributed by atoms with E-state index < -0.39 is 0 Å². The highest BCUT2D eigenvalue weighted by atomic mass is 16.6. The van der Waals surface area contributed by atoms with E-state index in [2.05, 4.69) is 42.0 Å². The van der Waals surface area contributed by atoms with Crippen molar-refractivity contribution in [1.82, 2.24) is 19.9 Å². The molecule has 3 aromatic rings. The van der Waals surface area contributed by atoms with Gasteiger partial charge in [-0.15, -0.1) is 0 Å². The van der Waals surface area contributed by atoms with E-state index in [0.29, 0.717) is 29.6 Å². The number of rotatable bonds is 10. The first-order chi connectivity index (χ1) is 18.8. The molecule has 0 amide bonds. The van der Waals surface area contributed by atoms with Crippen LogP contribution >= 0.6 is 0 Å². The van der Waals surface area contributed by atoms with E-state index >= 15 is 0 Å².